The second-order valence-corrected chi connectivity index (χ2v) is 6.17. The average molecular weight is 324 g/mol. The van der Waals surface area contributed by atoms with Gasteiger partial charge in [0.25, 0.3) is 0 Å². The molecule has 0 radical (unpaired) electrons. The summed E-state index contributed by atoms with van der Waals surface area (Å²) < 4.78 is 10.6. The van der Waals surface area contributed by atoms with E-state index < -0.39 is 0 Å². The quantitative estimate of drug-likeness (QED) is 0.913. The van der Waals surface area contributed by atoms with E-state index in [1.54, 1.807) is 6.07 Å². The largest absolute Gasteiger partial charge is 0.454 e. The highest BCUT2D eigenvalue weighted by Crippen LogP contribution is 2.34. The van der Waals surface area contributed by atoms with E-state index in [0.29, 0.717) is 11.7 Å². The zero-order valence-corrected chi connectivity index (χ0v) is 13.4. The van der Waals surface area contributed by atoms with Crippen LogP contribution in [0.1, 0.15) is 24.3 Å². The van der Waals surface area contributed by atoms with Crippen molar-refractivity contribution >= 4 is 11.7 Å². The first-order chi connectivity index (χ1) is 11.8. The fourth-order valence-corrected chi connectivity index (χ4v) is 3.32. The molecule has 0 saturated carbocycles. The minimum Gasteiger partial charge on any atom is -0.454 e. The first-order valence-corrected chi connectivity index (χ1v) is 8.30. The van der Waals surface area contributed by atoms with Crippen molar-refractivity contribution in [2.24, 2.45) is 0 Å². The maximum Gasteiger partial charge on any atom is 0.321 e. The molecule has 0 bridgehead atoms. The van der Waals surface area contributed by atoms with Gasteiger partial charge in [0.2, 0.25) is 6.79 Å². The van der Waals surface area contributed by atoms with Crippen molar-refractivity contribution in [3.05, 3.63) is 54.1 Å². The van der Waals surface area contributed by atoms with Crippen LogP contribution in [0.4, 0.5) is 10.5 Å². The van der Waals surface area contributed by atoms with E-state index in [2.05, 4.69) is 29.6 Å². The van der Waals surface area contributed by atoms with Gasteiger partial charge in [-0.25, -0.2) is 4.79 Å². The van der Waals surface area contributed by atoms with E-state index in [0.717, 1.165) is 37.4 Å². The number of carbonyl (C=O) groups excluding carboxylic acids is 1. The number of urea groups is 1. The Labute approximate surface area is 141 Å². The molecule has 1 N–H and O–H groups in total. The van der Waals surface area contributed by atoms with E-state index in [9.17, 15) is 4.79 Å². The number of nitrogens with zero attached hydrogens (tertiary/aromatic N) is 1. The number of piperidine rings is 1. The molecule has 2 heterocycles. The third kappa shape index (κ3) is 3.02. The molecule has 0 atom stereocenters. The zero-order valence-electron chi connectivity index (χ0n) is 13.4. The number of nitrogens with one attached hydrogen (secondary N) is 1. The number of ether oxygens (including phenoxy) is 2. The Hall–Kier alpha value is -2.69. The lowest BCUT2D eigenvalue weighted by atomic mass is 9.90. The predicted molar refractivity (Wildman–Crippen MR) is 91.6 cm³/mol. The van der Waals surface area contributed by atoms with Crippen LogP contribution in [0.2, 0.25) is 0 Å². The zero-order chi connectivity index (χ0) is 16.4. The molecule has 0 spiro atoms. The Morgan fingerprint density at radius 2 is 1.75 bits per heavy atom. The SMILES string of the molecule is O=C(Nc1ccc2c(c1)OCO2)N1CCC(c2ccccc2)CC1. The summed E-state index contributed by atoms with van der Waals surface area (Å²) >= 11 is 0. The molecule has 2 amide bonds. The molecular weight excluding hydrogens is 304 g/mol. The number of hydrogen-bond donors (Lipinski definition) is 1. The smallest absolute Gasteiger partial charge is 0.321 e. The van der Waals surface area contributed by atoms with Crippen molar-refractivity contribution in [1.29, 1.82) is 0 Å². The predicted octanol–water partition coefficient (Wildman–Crippen LogP) is 3.83. The molecule has 5 heteroatoms. The average Bonchev–Trinajstić information content (AvgIpc) is 3.10. The van der Waals surface area contributed by atoms with Gasteiger partial charge in [0, 0.05) is 24.8 Å². The van der Waals surface area contributed by atoms with Gasteiger partial charge >= 0.3 is 6.03 Å². The van der Waals surface area contributed by atoms with Crippen LogP contribution >= 0.6 is 0 Å². The second-order valence-electron chi connectivity index (χ2n) is 6.17. The lowest BCUT2D eigenvalue weighted by Crippen LogP contribution is -2.40. The molecular formula is C19H20N2O3. The lowest BCUT2D eigenvalue weighted by Gasteiger charge is -2.32. The summed E-state index contributed by atoms with van der Waals surface area (Å²) in [6.07, 6.45) is 2.00. The number of anilines is 1. The van der Waals surface area contributed by atoms with Crippen molar-refractivity contribution in [2.45, 2.75) is 18.8 Å². The lowest BCUT2D eigenvalue weighted by molar-refractivity contribution is 0.174. The van der Waals surface area contributed by atoms with Crippen LogP contribution in [-0.2, 0) is 0 Å². The third-order valence-corrected chi connectivity index (χ3v) is 4.68. The Morgan fingerprint density at radius 3 is 2.54 bits per heavy atom. The van der Waals surface area contributed by atoms with Gasteiger partial charge in [-0.15, -0.1) is 0 Å². The van der Waals surface area contributed by atoms with Crippen LogP contribution in [0.5, 0.6) is 11.5 Å². The minimum absolute atomic E-state index is 0.0552. The number of benzene rings is 2. The van der Waals surface area contributed by atoms with E-state index in [1.165, 1.54) is 5.56 Å². The molecule has 4 rings (SSSR count). The minimum atomic E-state index is -0.0552. The molecule has 1 fully saturated rings. The first-order valence-electron chi connectivity index (χ1n) is 8.30. The number of rotatable bonds is 2. The summed E-state index contributed by atoms with van der Waals surface area (Å²) in [5, 5.41) is 2.95. The van der Waals surface area contributed by atoms with Crippen molar-refractivity contribution in [2.75, 3.05) is 25.2 Å². The standard InChI is InChI=1S/C19H20N2O3/c22-19(20-16-6-7-17-18(12-16)24-13-23-17)21-10-8-15(9-11-21)14-4-2-1-3-5-14/h1-7,12,15H,8-11,13H2,(H,20,22). The van der Waals surface area contributed by atoms with Crippen LogP contribution in [-0.4, -0.2) is 30.8 Å². The van der Waals surface area contributed by atoms with Gasteiger partial charge in [-0.05, 0) is 36.5 Å². The van der Waals surface area contributed by atoms with Crippen LogP contribution in [0.3, 0.4) is 0 Å². The Morgan fingerprint density at radius 1 is 1.00 bits per heavy atom. The first kappa shape index (κ1) is 14.9. The molecule has 24 heavy (non-hydrogen) atoms. The monoisotopic (exact) mass is 324 g/mol. The molecule has 2 aliphatic heterocycles. The number of carbonyl (C=O) groups is 1. The summed E-state index contributed by atoms with van der Waals surface area (Å²) in [5.74, 6) is 1.94. The Kier molecular flexibility index (Phi) is 3.99. The van der Waals surface area contributed by atoms with Crippen molar-refractivity contribution in [1.82, 2.24) is 4.90 Å². The van der Waals surface area contributed by atoms with Gasteiger partial charge in [0.05, 0.1) is 0 Å². The highest BCUT2D eigenvalue weighted by Gasteiger charge is 2.24. The van der Waals surface area contributed by atoms with E-state index in [4.69, 9.17) is 9.47 Å². The number of amides is 2. The molecule has 0 unspecified atom stereocenters. The van der Waals surface area contributed by atoms with Crippen molar-refractivity contribution in [3.63, 3.8) is 0 Å². The topological polar surface area (TPSA) is 50.8 Å². The van der Waals surface area contributed by atoms with Crippen LogP contribution in [0, 0.1) is 0 Å². The summed E-state index contributed by atoms with van der Waals surface area (Å²) in [4.78, 5) is 14.3. The summed E-state index contributed by atoms with van der Waals surface area (Å²) in [6.45, 7) is 1.78. The number of fused-ring (bicyclic) bond motifs is 1. The van der Waals surface area contributed by atoms with Gasteiger partial charge < -0.3 is 19.7 Å². The Balaban J connectivity index is 1.35. The maximum atomic E-state index is 12.5. The summed E-state index contributed by atoms with van der Waals surface area (Å²) in [7, 11) is 0. The van der Waals surface area contributed by atoms with Crippen molar-refractivity contribution < 1.29 is 14.3 Å². The summed E-state index contributed by atoms with van der Waals surface area (Å²) in [5.41, 5.74) is 2.10. The highest BCUT2D eigenvalue weighted by atomic mass is 16.7. The van der Waals surface area contributed by atoms with E-state index >= 15 is 0 Å². The second kappa shape index (κ2) is 6.43. The number of likely N-dealkylation sites (tertiary alicyclic amines) is 1. The normalized spacial score (nSPS) is 16.9. The molecule has 5 nitrogen and oxygen atoms in total. The highest BCUT2D eigenvalue weighted by molar-refractivity contribution is 5.89. The maximum absolute atomic E-state index is 12.5. The molecule has 2 aromatic carbocycles. The molecule has 124 valence electrons. The van der Waals surface area contributed by atoms with E-state index in [-0.39, 0.29) is 12.8 Å². The van der Waals surface area contributed by atoms with Crippen LogP contribution < -0.4 is 14.8 Å². The van der Waals surface area contributed by atoms with Crippen LogP contribution in [0.15, 0.2) is 48.5 Å². The van der Waals surface area contributed by atoms with E-state index in [1.807, 2.05) is 23.1 Å². The molecule has 0 aliphatic carbocycles. The van der Waals surface area contributed by atoms with Crippen molar-refractivity contribution in [3.8, 4) is 11.5 Å². The van der Waals surface area contributed by atoms with Gasteiger partial charge in [-0.1, -0.05) is 30.3 Å². The van der Waals surface area contributed by atoms with Gasteiger partial charge in [-0.3, -0.25) is 0 Å². The van der Waals surface area contributed by atoms with Crippen LogP contribution in [0.25, 0.3) is 0 Å². The van der Waals surface area contributed by atoms with Gasteiger partial charge in [0.15, 0.2) is 11.5 Å². The summed E-state index contributed by atoms with van der Waals surface area (Å²) in [6, 6.07) is 15.9. The molecule has 2 aliphatic rings. The molecule has 2 aromatic rings. The third-order valence-electron chi connectivity index (χ3n) is 4.68. The molecule has 1 saturated heterocycles. The Bertz CT molecular complexity index is 725. The number of hydrogen-bond acceptors (Lipinski definition) is 3. The fraction of sp³-hybridized carbons (Fsp3) is 0.316. The fourth-order valence-electron chi connectivity index (χ4n) is 3.32. The van der Waals surface area contributed by atoms with Gasteiger partial charge in [-0.2, -0.15) is 0 Å². The molecule has 0 aromatic heterocycles. The van der Waals surface area contributed by atoms with Gasteiger partial charge in [0.1, 0.15) is 0 Å².